The zero-order chi connectivity index (χ0) is 14.5. The van der Waals surface area contributed by atoms with E-state index in [1.807, 2.05) is 50.4 Å². The molecule has 0 saturated carbocycles. The second-order valence-corrected chi connectivity index (χ2v) is 5.58. The zero-order valence-electron chi connectivity index (χ0n) is 11.8. The topological polar surface area (TPSA) is 28.7 Å². The van der Waals surface area contributed by atoms with Gasteiger partial charge in [0.2, 0.25) is 0 Å². The lowest BCUT2D eigenvalue weighted by Gasteiger charge is -2.01. The maximum absolute atomic E-state index is 5.89. The van der Waals surface area contributed by atoms with Crippen molar-refractivity contribution >= 4 is 34.3 Å². The Kier molecular flexibility index (Phi) is 5.10. The predicted octanol–water partition coefficient (Wildman–Crippen LogP) is 5.70. The molecule has 20 heavy (non-hydrogen) atoms. The van der Waals surface area contributed by atoms with Gasteiger partial charge < -0.3 is 4.98 Å². The summed E-state index contributed by atoms with van der Waals surface area (Å²) in [5, 5.41) is 1.92. The summed E-state index contributed by atoms with van der Waals surface area (Å²) in [6, 6.07) is 9.87. The largest absolute Gasteiger partial charge is 0.358 e. The molecule has 2 nitrogen and oxygen atoms in total. The van der Waals surface area contributed by atoms with E-state index in [1.54, 1.807) is 18.0 Å². The van der Waals surface area contributed by atoms with Crippen molar-refractivity contribution < 1.29 is 0 Å². The van der Waals surface area contributed by atoms with Crippen LogP contribution in [0.2, 0.25) is 5.02 Å². The molecule has 0 radical (unpaired) electrons. The van der Waals surface area contributed by atoms with E-state index in [0.29, 0.717) is 0 Å². The standard InChI is InChI=1S/C14H11ClN2S.C2H6/c1-9-14(12-8-16-7-6-13(12)17-9)18-11-4-2-10(15)3-5-11;1-2/h2-8,17H,1H3;1-2H3. The Morgan fingerprint density at radius 2 is 1.80 bits per heavy atom. The highest BCUT2D eigenvalue weighted by atomic mass is 35.5. The van der Waals surface area contributed by atoms with Crippen molar-refractivity contribution in [2.45, 2.75) is 30.6 Å². The van der Waals surface area contributed by atoms with Gasteiger partial charge in [-0.05, 0) is 37.3 Å². The molecule has 0 aliphatic rings. The van der Waals surface area contributed by atoms with Crippen LogP contribution < -0.4 is 0 Å². The van der Waals surface area contributed by atoms with Crippen molar-refractivity contribution in [1.82, 2.24) is 9.97 Å². The zero-order valence-corrected chi connectivity index (χ0v) is 13.3. The van der Waals surface area contributed by atoms with E-state index >= 15 is 0 Å². The molecule has 0 unspecified atom stereocenters. The molecule has 0 spiro atoms. The highest BCUT2D eigenvalue weighted by Crippen LogP contribution is 2.36. The summed E-state index contributed by atoms with van der Waals surface area (Å²) >= 11 is 7.62. The summed E-state index contributed by atoms with van der Waals surface area (Å²) in [6.45, 7) is 6.08. The van der Waals surface area contributed by atoms with Crippen molar-refractivity contribution in [3.8, 4) is 0 Å². The SMILES string of the molecule is CC.Cc1[nH]c2ccncc2c1Sc1ccc(Cl)cc1. The first-order chi connectivity index (χ1) is 9.74. The minimum atomic E-state index is 0.761. The number of benzene rings is 1. The summed E-state index contributed by atoms with van der Waals surface area (Å²) in [6.07, 6.45) is 3.70. The maximum Gasteiger partial charge on any atom is 0.0498 e. The molecule has 0 aliphatic heterocycles. The second kappa shape index (κ2) is 6.82. The second-order valence-electron chi connectivity index (χ2n) is 4.06. The van der Waals surface area contributed by atoms with Gasteiger partial charge in [0.15, 0.2) is 0 Å². The molecule has 0 amide bonds. The van der Waals surface area contributed by atoms with Crippen LogP contribution in [0.1, 0.15) is 19.5 Å². The molecule has 0 atom stereocenters. The number of halogens is 1. The quantitative estimate of drug-likeness (QED) is 0.657. The van der Waals surface area contributed by atoms with E-state index in [-0.39, 0.29) is 0 Å². The van der Waals surface area contributed by atoms with E-state index in [0.717, 1.165) is 21.6 Å². The highest BCUT2D eigenvalue weighted by molar-refractivity contribution is 7.99. The number of H-pyrrole nitrogens is 1. The first-order valence-corrected chi connectivity index (χ1v) is 7.79. The normalized spacial score (nSPS) is 10.2. The Labute approximate surface area is 128 Å². The van der Waals surface area contributed by atoms with Crippen LogP contribution in [-0.2, 0) is 0 Å². The Morgan fingerprint density at radius 3 is 2.50 bits per heavy atom. The third kappa shape index (κ3) is 3.17. The molecule has 2 heterocycles. The lowest BCUT2D eigenvalue weighted by Crippen LogP contribution is -1.76. The number of hydrogen-bond acceptors (Lipinski definition) is 2. The van der Waals surface area contributed by atoms with E-state index in [4.69, 9.17) is 11.6 Å². The molecule has 104 valence electrons. The monoisotopic (exact) mass is 304 g/mol. The number of pyridine rings is 1. The fraction of sp³-hybridized carbons (Fsp3) is 0.188. The van der Waals surface area contributed by atoms with E-state index in [1.165, 1.54) is 9.79 Å². The molecule has 4 heteroatoms. The number of aromatic amines is 1. The maximum atomic E-state index is 5.89. The number of rotatable bonds is 2. The fourth-order valence-corrected chi connectivity index (χ4v) is 3.01. The Morgan fingerprint density at radius 1 is 1.10 bits per heavy atom. The summed E-state index contributed by atoms with van der Waals surface area (Å²) in [5.41, 5.74) is 2.29. The third-order valence-electron chi connectivity index (χ3n) is 2.76. The van der Waals surface area contributed by atoms with Gasteiger partial charge in [0.25, 0.3) is 0 Å². The van der Waals surface area contributed by atoms with Gasteiger partial charge in [0, 0.05) is 43.8 Å². The number of fused-ring (bicyclic) bond motifs is 1. The van der Waals surface area contributed by atoms with Gasteiger partial charge in [-0.3, -0.25) is 4.98 Å². The van der Waals surface area contributed by atoms with Gasteiger partial charge in [-0.1, -0.05) is 37.2 Å². The van der Waals surface area contributed by atoms with Gasteiger partial charge in [0.1, 0.15) is 0 Å². The van der Waals surface area contributed by atoms with Gasteiger partial charge in [-0.25, -0.2) is 0 Å². The minimum absolute atomic E-state index is 0.761. The molecule has 0 bridgehead atoms. The smallest absolute Gasteiger partial charge is 0.0498 e. The van der Waals surface area contributed by atoms with Crippen LogP contribution in [0, 0.1) is 6.92 Å². The number of aryl methyl sites for hydroxylation is 1. The van der Waals surface area contributed by atoms with Crippen LogP contribution in [0.3, 0.4) is 0 Å². The Balaban J connectivity index is 0.000000704. The predicted molar refractivity (Wildman–Crippen MR) is 87.8 cm³/mol. The van der Waals surface area contributed by atoms with Crippen molar-refractivity contribution in [2.75, 3.05) is 0 Å². The van der Waals surface area contributed by atoms with E-state index in [2.05, 4.69) is 16.9 Å². The average Bonchev–Trinajstić information content (AvgIpc) is 2.80. The van der Waals surface area contributed by atoms with Gasteiger partial charge >= 0.3 is 0 Å². The number of nitrogens with zero attached hydrogens (tertiary/aromatic N) is 1. The molecular formula is C16H17ClN2S. The first-order valence-electron chi connectivity index (χ1n) is 6.60. The van der Waals surface area contributed by atoms with Crippen molar-refractivity contribution in [2.24, 2.45) is 0 Å². The summed E-state index contributed by atoms with van der Waals surface area (Å²) < 4.78 is 0. The molecule has 1 aromatic carbocycles. The summed E-state index contributed by atoms with van der Waals surface area (Å²) in [4.78, 5) is 9.96. The number of aromatic nitrogens is 2. The van der Waals surface area contributed by atoms with Crippen molar-refractivity contribution in [1.29, 1.82) is 0 Å². The molecule has 0 fully saturated rings. The van der Waals surface area contributed by atoms with Gasteiger partial charge in [0.05, 0.1) is 0 Å². The molecule has 0 aliphatic carbocycles. The van der Waals surface area contributed by atoms with E-state index in [9.17, 15) is 0 Å². The summed E-state index contributed by atoms with van der Waals surface area (Å²) in [7, 11) is 0. The number of hydrogen-bond donors (Lipinski definition) is 1. The first kappa shape index (κ1) is 14.9. The third-order valence-corrected chi connectivity index (χ3v) is 4.25. The lowest BCUT2D eigenvalue weighted by molar-refractivity contribution is 1.23. The van der Waals surface area contributed by atoms with Gasteiger partial charge in [-0.2, -0.15) is 0 Å². The van der Waals surface area contributed by atoms with Crippen molar-refractivity contribution in [3.05, 3.63) is 53.4 Å². The Hall–Kier alpha value is -1.45. The Bertz CT molecular complexity index is 689. The molecule has 3 rings (SSSR count). The van der Waals surface area contributed by atoms with Crippen LogP contribution >= 0.6 is 23.4 Å². The summed E-state index contributed by atoms with van der Waals surface area (Å²) in [5.74, 6) is 0. The fourth-order valence-electron chi connectivity index (χ4n) is 1.90. The highest BCUT2D eigenvalue weighted by Gasteiger charge is 2.09. The molecule has 0 saturated heterocycles. The van der Waals surface area contributed by atoms with Crippen LogP contribution in [-0.4, -0.2) is 9.97 Å². The van der Waals surface area contributed by atoms with Gasteiger partial charge in [-0.15, -0.1) is 0 Å². The molecule has 2 aromatic heterocycles. The van der Waals surface area contributed by atoms with Crippen LogP contribution in [0.5, 0.6) is 0 Å². The molecule has 1 N–H and O–H groups in total. The average molecular weight is 305 g/mol. The van der Waals surface area contributed by atoms with Crippen LogP contribution in [0.4, 0.5) is 0 Å². The van der Waals surface area contributed by atoms with Crippen molar-refractivity contribution in [3.63, 3.8) is 0 Å². The number of nitrogens with one attached hydrogen (secondary N) is 1. The van der Waals surface area contributed by atoms with E-state index < -0.39 is 0 Å². The van der Waals surface area contributed by atoms with Crippen LogP contribution in [0.15, 0.2) is 52.5 Å². The van der Waals surface area contributed by atoms with Crippen LogP contribution in [0.25, 0.3) is 10.9 Å². The lowest BCUT2D eigenvalue weighted by atomic mass is 10.3. The molecule has 3 aromatic rings. The molecular weight excluding hydrogens is 288 g/mol. The minimum Gasteiger partial charge on any atom is -0.358 e.